The van der Waals surface area contributed by atoms with E-state index in [0.29, 0.717) is 0 Å². The third-order valence-electron chi connectivity index (χ3n) is 4.60. The van der Waals surface area contributed by atoms with Crippen LogP contribution in [0.3, 0.4) is 0 Å². The molecule has 0 saturated carbocycles. The summed E-state index contributed by atoms with van der Waals surface area (Å²) in [6, 6.07) is 15.1. The van der Waals surface area contributed by atoms with Gasteiger partial charge >= 0.3 is 5.97 Å². The minimum atomic E-state index is -0.710. The Balaban J connectivity index is 1.63. The number of hydrogen-bond acceptors (Lipinski definition) is 4. The Kier molecular flexibility index (Phi) is 5.95. The van der Waals surface area contributed by atoms with Gasteiger partial charge in [0.1, 0.15) is 5.75 Å². The first-order valence-electron chi connectivity index (χ1n) is 8.89. The maximum absolute atomic E-state index is 13.0. The molecule has 0 radical (unpaired) electrons. The van der Waals surface area contributed by atoms with Crippen LogP contribution in [0.4, 0.5) is 5.69 Å². The minimum Gasteiger partial charge on any atom is -0.426 e. The standard InChI is InChI=1S/C22H11Cl4NO4/c23-17-15-16(18(24)20(26)19(17)25)22(30)27(21(15)29)12-7-4-8-13(10-12)31-14(28)9-11-5-2-1-3-6-11/h1-8,10H,9H2. The van der Waals surface area contributed by atoms with Gasteiger partial charge in [-0.05, 0) is 17.7 Å². The highest BCUT2D eigenvalue weighted by molar-refractivity contribution is 6.56. The summed E-state index contributed by atoms with van der Waals surface area (Å²) in [6.07, 6.45) is 0.0697. The molecule has 1 heterocycles. The molecule has 3 aromatic carbocycles. The van der Waals surface area contributed by atoms with Gasteiger partial charge in [-0.15, -0.1) is 0 Å². The van der Waals surface area contributed by atoms with E-state index in [4.69, 9.17) is 51.1 Å². The number of esters is 1. The van der Waals surface area contributed by atoms with E-state index < -0.39 is 17.8 Å². The second-order valence-electron chi connectivity index (χ2n) is 6.59. The molecule has 156 valence electrons. The number of ether oxygens (including phenoxy) is 1. The molecule has 5 nitrogen and oxygen atoms in total. The maximum atomic E-state index is 13.0. The van der Waals surface area contributed by atoms with Crippen LogP contribution in [0.1, 0.15) is 26.3 Å². The van der Waals surface area contributed by atoms with Crippen molar-refractivity contribution in [2.45, 2.75) is 6.42 Å². The van der Waals surface area contributed by atoms with Gasteiger partial charge in [0, 0.05) is 6.07 Å². The molecule has 1 aliphatic heterocycles. The van der Waals surface area contributed by atoms with Crippen molar-refractivity contribution in [3.63, 3.8) is 0 Å². The fraction of sp³-hybridized carbons (Fsp3) is 0.0455. The Bertz CT molecular complexity index is 1200. The molecule has 0 atom stereocenters. The van der Waals surface area contributed by atoms with Gasteiger partial charge in [0.25, 0.3) is 11.8 Å². The number of nitrogens with zero attached hydrogens (tertiary/aromatic N) is 1. The summed E-state index contributed by atoms with van der Waals surface area (Å²) in [5.41, 5.74) is 0.715. The molecule has 9 heteroatoms. The summed E-state index contributed by atoms with van der Waals surface area (Å²) in [6.45, 7) is 0. The topological polar surface area (TPSA) is 63.7 Å². The van der Waals surface area contributed by atoms with Crippen molar-refractivity contribution in [2.75, 3.05) is 4.90 Å². The normalized spacial score (nSPS) is 12.8. The van der Waals surface area contributed by atoms with Crippen LogP contribution in [-0.2, 0) is 11.2 Å². The Hall–Kier alpha value is -2.57. The van der Waals surface area contributed by atoms with Crippen molar-refractivity contribution in [3.8, 4) is 5.75 Å². The summed E-state index contributed by atoms with van der Waals surface area (Å²) in [5.74, 6) is -1.74. The Labute approximate surface area is 197 Å². The molecule has 0 spiro atoms. The third kappa shape index (κ3) is 3.90. The number of anilines is 1. The summed E-state index contributed by atoms with van der Waals surface area (Å²) >= 11 is 24.4. The number of benzene rings is 3. The number of imide groups is 1. The van der Waals surface area contributed by atoms with Crippen LogP contribution in [0, 0.1) is 0 Å². The minimum absolute atomic E-state index is 0.0697. The lowest BCUT2D eigenvalue weighted by molar-refractivity contribution is -0.133. The lowest BCUT2D eigenvalue weighted by Crippen LogP contribution is -2.29. The number of hydrogen-bond donors (Lipinski definition) is 0. The van der Waals surface area contributed by atoms with E-state index in [2.05, 4.69) is 0 Å². The van der Waals surface area contributed by atoms with Gasteiger partial charge in [0.2, 0.25) is 0 Å². The predicted octanol–water partition coefficient (Wildman–Crippen LogP) is 6.25. The van der Waals surface area contributed by atoms with Crippen molar-refractivity contribution in [2.24, 2.45) is 0 Å². The number of fused-ring (bicyclic) bond motifs is 1. The van der Waals surface area contributed by atoms with Gasteiger partial charge in [-0.25, -0.2) is 4.90 Å². The van der Waals surface area contributed by atoms with Crippen molar-refractivity contribution in [1.29, 1.82) is 0 Å². The van der Waals surface area contributed by atoms with E-state index in [1.54, 1.807) is 18.2 Å². The smallest absolute Gasteiger partial charge is 0.315 e. The Morgan fingerprint density at radius 3 is 1.94 bits per heavy atom. The van der Waals surface area contributed by atoms with Crippen molar-refractivity contribution < 1.29 is 19.1 Å². The van der Waals surface area contributed by atoms with E-state index >= 15 is 0 Å². The first-order chi connectivity index (χ1) is 14.8. The van der Waals surface area contributed by atoms with E-state index in [1.165, 1.54) is 18.2 Å². The lowest BCUT2D eigenvalue weighted by atomic mass is 10.1. The second kappa shape index (κ2) is 8.52. The number of rotatable bonds is 4. The fourth-order valence-electron chi connectivity index (χ4n) is 3.20. The first kappa shape index (κ1) is 21.7. The molecule has 3 aromatic rings. The maximum Gasteiger partial charge on any atom is 0.315 e. The molecule has 0 unspecified atom stereocenters. The van der Waals surface area contributed by atoms with Gasteiger partial charge in [-0.2, -0.15) is 0 Å². The van der Waals surface area contributed by atoms with Crippen LogP contribution in [0.15, 0.2) is 54.6 Å². The fourth-order valence-corrected chi connectivity index (χ4v) is 4.21. The Morgan fingerprint density at radius 2 is 1.35 bits per heavy atom. The number of carbonyl (C=O) groups is 3. The number of amides is 2. The zero-order chi connectivity index (χ0) is 22.3. The van der Waals surface area contributed by atoms with Crippen LogP contribution in [0.2, 0.25) is 20.1 Å². The zero-order valence-corrected chi connectivity index (χ0v) is 18.5. The molecule has 2 amide bonds. The molecule has 0 aromatic heterocycles. The van der Waals surface area contributed by atoms with Crippen molar-refractivity contribution in [3.05, 3.63) is 91.4 Å². The van der Waals surface area contributed by atoms with Crippen LogP contribution >= 0.6 is 46.4 Å². The molecule has 31 heavy (non-hydrogen) atoms. The van der Waals surface area contributed by atoms with E-state index in [0.717, 1.165) is 10.5 Å². The van der Waals surface area contributed by atoms with Gasteiger partial charge in [0.15, 0.2) is 0 Å². The summed E-state index contributed by atoms with van der Waals surface area (Å²) in [4.78, 5) is 39.1. The monoisotopic (exact) mass is 493 g/mol. The first-order valence-corrected chi connectivity index (χ1v) is 10.4. The largest absolute Gasteiger partial charge is 0.426 e. The third-order valence-corrected chi connectivity index (χ3v) is 6.40. The average molecular weight is 495 g/mol. The number of carbonyl (C=O) groups excluding carboxylic acids is 3. The highest BCUT2D eigenvalue weighted by Gasteiger charge is 2.42. The molecule has 1 aliphatic rings. The molecular formula is C22H11Cl4NO4. The van der Waals surface area contributed by atoms with Crippen LogP contribution in [0.5, 0.6) is 5.75 Å². The zero-order valence-electron chi connectivity index (χ0n) is 15.5. The summed E-state index contributed by atoms with van der Waals surface area (Å²) in [7, 11) is 0. The Morgan fingerprint density at radius 1 is 0.774 bits per heavy atom. The van der Waals surface area contributed by atoms with Crippen LogP contribution < -0.4 is 9.64 Å². The molecule has 0 N–H and O–H groups in total. The van der Waals surface area contributed by atoms with Crippen LogP contribution in [-0.4, -0.2) is 17.8 Å². The van der Waals surface area contributed by atoms with Crippen molar-refractivity contribution in [1.82, 2.24) is 0 Å². The predicted molar refractivity (Wildman–Crippen MR) is 120 cm³/mol. The molecule has 0 aliphatic carbocycles. The van der Waals surface area contributed by atoms with Crippen LogP contribution in [0.25, 0.3) is 0 Å². The van der Waals surface area contributed by atoms with E-state index in [-0.39, 0.29) is 49.1 Å². The highest BCUT2D eigenvalue weighted by atomic mass is 35.5. The quantitative estimate of drug-likeness (QED) is 0.141. The lowest BCUT2D eigenvalue weighted by Gasteiger charge is -2.15. The van der Waals surface area contributed by atoms with Crippen molar-refractivity contribution >= 4 is 69.9 Å². The molecular weight excluding hydrogens is 484 g/mol. The second-order valence-corrected chi connectivity index (χ2v) is 8.10. The summed E-state index contributed by atoms with van der Waals surface area (Å²) < 4.78 is 5.37. The van der Waals surface area contributed by atoms with Gasteiger partial charge in [-0.3, -0.25) is 14.4 Å². The SMILES string of the molecule is O=C(Cc1ccccc1)Oc1cccc(N2C(=O)c3c(Cl)c(Cl)c(Cl)c(Cl)c3C2=O)c1. The van der Waals surface area contributed by atoms with E-state index in [9.17, 15) is 14.4 Å². The van der Waals surface area contributed by atoms with Gasteiger partial charge < -0.3 is 4.74 Å². The average Bonchev–Trinajstić information content (AvgIpc) is 3.01. The van der Waals surface area contributed by atoms with E-state index in [1.807, 2.05) is 18.2 Å². The summed E-state index contributed by atoms with van der Waals surface area (Å²) in [5, 5.41) is -0.535. The highest BCUT2D eigenvalue weighted by Crippen LogP contribution is 2.45. The molecule has 0 bridgehead atoms. The molecule has 0 fully saturated rings. The molecule has 0 saturated heterocycles. The molecule has 4 rings (SSSR count). The number of halogens is 4. The van der Waals surface area contributed by atoms with Gasteiger partial charge in [-0.1, -0.05) is 82.8 Å². The van der Waals surface area contributed by atoms with Gasteiger partial charge in [0.05, 0.1) is 43.3 Å².